The molecule has 0 saturated heterocycles. The third-order valence-corrected chi connectivity index (χ3v) is 5.05. The SMILES string of the molecule is O=C(Cc1ccc([N+](=O)[O-])cc1)N/N=C\c1ccc(OCc2ccc(Cl)cc2)c(Br)c1. The second-order valence-electron chi connectivity index (χ2n) is 6.50. The van der Waals surface area contributed by atoms with Crippen LogP contribution in [0.5, 0.6) is 5.75 Å². The van der Waals surface area contributed by atoms with Crippen LogP contribution in [0.4, 0.5) is 5.69 Å². The van der Waals surface area contributed by atoms with Crippen LogP contribution in [0.25, 0.3) is 0 Å². The van der Waals surface area contributed by atoms with Crippen LogP contribution >= 0.6 is 27.5 Å². The Balaban J connectivity index is 1.51. The molecule has 0 spiro atoms. The van der Waals surface area contributed by atoms with Crippen LogP contribution in [-0.4, -0.2) is 17.0 Å². The summed E-state index contributed by atoms with van der Waals surface area (Å²) in [4.78, 5) is 22.2. The zero-order valence-electron chi connectivity index (χ0n) is 16.1. The minimum absolute atomic E-state index is 0.0200. The van der Waals surface area contributed by atoms with Crippen LogP contribution in [0.1, 0.15) is 16.7 Å². The first-order valence-electron chi connectivity index (χ1n) is 9.13. The number of nitrogens with one attached hydrogen (secondary N) is 1. The maximum atomic E-state index is 12.0. The normalized spacial score (nSPS) is 10.8. The van der Waals surface area contributed by atoms with E-state index in [-0.39, 0.29) is 18.0 Å². The Kier molecular flexibility index (Phi) is 7.75. The quantitative estimate of drug-likeness (QED) is 0.257. The van der Waals surface area contributed by atoms with Crippen molar-refractivity contribution in [3.05, 3.63) is 103 Å². The first-order chi connectivity index (χ1) is 14.9. The van der Waals surface area contributed by atoms with Crippen LogP contribution in [0.3, 0.4) is 0 Å². The van der Waals surface area contributed by atoms with Gasteiger partial charge in [-0.25, -0.2) is 5.43 Å². The minimum Gasteiger partial charge on any atom is -0.488 e. The largest absolute Gasteiger partial charge is 0.488 e. The molecule has 7 nitrogen and oxygen atoms in total. The summed E-state index contributed by atoms with van der Waals surface area (Å²) in [5, 5.41) is 15.3. The number of non-ortho nitro benzene ring substituents is 1. The molecule has 0 aliphatic carbocycles. The first kappa shape index (κ1) is 22.5. The number of nitro benzene ring substituents is 1. The molecule has 0 fully saturated rings. The van der Waals surface area contributed by atoms with E-state index in [0.717, 1.165) is 15.6 Å². The van der Waals surface area contributed by atoms with E-state index < -0.39 is 4.92 Å². The number of halogens is 2. The van der Waals surface area contributed by atoms with Gasteiger partial charge in [0, 0.05) is 17.2 Å². The fraction of sp³-hybridized carbons (Fsp3) is 0.0909. The van der Waals surface area contributed by atoms with Crippen LogP contribution in [0, 0.1) is 10.1 Å². The first-order valence-corrected chi connectivity index (χ1v) is 10.3. The van der Waals surface area contributed by atoms with Gasteiger partial charge in [-0.2, -0.15) is 5.10 Å². The average molecular weight is 503 g/mol. The molecular weight excluding hydrogens is 486 g/mol. The van der Waals surface area contributed by atoms with Gasteiger partial charge in [-0.05, 0) is 63.0 Å². The molecule has 1 amide bonds. The molecule has 3 rings (SSSR count). The summed E-state index contributed by atoms with van der Waals surface area (Å²) >= 11 is 9.35. The van der Waals surface area contributed by atoms with Crippen molar-refractivity contribution in [1.29, 1.82) is 0 Å². The highest BCUT2D eigenvalue weighted by Crippen LogP contribution is 2.26. The van der Waals surface area contributed by atoms with Crippen molar-refractivity contribution in [2.24, 2.45) is 5.10 Å². The average Bonchev–Trinajstić information content (AvgIpc) is 2.74. The fourth-order valence-corrected chi connectivity index (χ4v) is 3.23. The Morgan fingerprint density at radius 3 is 2.42 bits per heavy atom. The Bertz CT molecular complexity index is 1100. The highest BCUT2D eigenvalue weighted by molar-refractivity contribution is 9.10. The predicted octanol–water partition coefficient (Wildman–Crippen LogP) is 5.28. The molecule has 0 unspecified atom stereocenters. The molecule has 31 heavy (non-hydrogen) atoms. The van der Waals surface area contributed by atoms with Crippen LogP contribution in [0.2, 0.25) is 5.02 Å². The van der Waals surface area contributed by atoms with Gasteiger partial charge in [0.05, 0.1) is 22.0 Å². The number of ether oxygens (including phenoxy) is 1. The van der Waals surface area contributed by atoms with Gasteiger partial charge >= 0.3 is 0 Å². The number of nitrogens with zero attached hydrogens (tertiary/aromatic N) is 2. The lowest BCUT2D eigenvalue weighted by atomic mass is 10.1. The smallest absolute Gasteiger partial charge is 0.269 e. The molecule has 0 heterocycles. The number of hydrogen-bond acceptors (Lipinski definition) is 5. The van der Waals surface area contributed by atoms with E-state index in [1.807, 2.05) is 36.4 Å². The Morgan fingerprint density at radius 1 is 1.10 bits per heavy atom. The highest BCUT2D eigenvalue weighted by Gasteiger charge is 2.07. The number of carbonyl (C=O) groups is 1. The Labute approximate surface area is 192 Å². The van der Waals surface area contributed by atoms with Gasteiger partial charge in [-0.15, -0.1) is 0 Å². The molecule has 0 radical (unpaired) electrons. The molecule has 9 heteroatoms. The summed E-state index contributed by atoms with van der Waals surface area (Å²) in [5.74, 6) is 0.349. The molecule has 0 atom stereocenters. The van der Waals surface area contributed by atoms with E-state index in [1.54, 1.807) is 18.2 Å². The highest BCUT2D eigenvalue weighted by atomic mass is 79.9. The summed E-state index contributed by atoms with van der Waals surface area (Å²) in [7, 11) is 0. The number of benzene rings is 3. The van der Waals surface area contributed by atoms with Crippen LogP contribution < -0.4 is 10.2 Å². The van der Waals surface area contributed by atoms with E-state index >= 15 is 0 Å². The van der Waals surface area contributed by atoms with Crippen molar-refractivity contribution in [2.75, 3.05) is 0 Å². The van der Waals surface area contributed by atoms with E-state index in [1.165, 1.54) is 18.3 Å². The second-order valence-corrected chi connectivity index (χ2v) is 7.79. The molecule has 0 bridgehead atoms. The van der Waals surface area contributed by atoms with Gasteiger partial charge in [0.25, 0.3) is 5.69 Å². The van der Waals surface area contributed by atoms with E-state index in [9.17, 15) is 14.9 Å². The molecule has 0 aliphatic heterocycles. The fourth-order valence-electron chi connectivity index (χ4n) is 2.60. The summed E-state index contributed by atoms with van der Waals surface area (Å²) < 4.78 is 6.56. The number of amides is 1. The lowest BCUT2D eigenvalue weighted by Gasteiger charge is -2.09. The maximum Gasteiger partial charge on any atom is 0.269 e. The lowest BCUT2D eigenvalue weighted by molar-refractivity contribution is -0.384. The number of nitro groups is 1. The monoisotopic (exact) mass is 501 g/mol. The summed E-state index contributed by atoms with van der Waals surface area (Å²) in [6.07, 6.45) is 1.58. The molecule has 1 N–H and O–H groups in total. The van der Waals surface area contributed by atoms with Crippen molar-refractivity contribution in [2.45, 2.75) is 13.0 Å². The summed E-state index contributed by atoms with van der Waals surface area (Å²) in [5.41, 5.74) is 4.84. The number of carbonyl (C=O) groups excluding carboxylic acids is 1. The van der Waals surface area contributed by atoms with Crippen molar-refractivity contribution in [3.63, 3.8) is 0 Å². The molecule has 3 aromatic rings. The molecule has 0 aromatic heterocycles. The molecular formula is C22H17BrClN3O4. The van der Waals surface area contributed by atoms with Gasteiger partial charge in [-0.1, -0.05) is 35.9 Å². The zero-order valence-corrected chi connectivity index (χ0v) is 18.5. The van der Waals surface area contributed by atoms with E-state index in [2.05, 4.69) is 26.5 Å². The topological polar surface area (TPSA) is 93.8 Å². The second kappa shape index (κ2) is 10.7. The summed E-state index contributed by atoms with van der Waals surface area (Å²) in [6, 6.07) is 18.7. The minimum atomic E-state index is -0.486. The molecule has 3 aromatic carbocycles. The van der Waals surface area contributed by atoms with Gasteiger partial charge < -0.3 is 4.74 Å². The van der Waals surface area contributed by atoms with E-state index in [0.29, 0.717) is 22.9 Å². The maximum absolute atomic E-state index is 12.0. The predicted molar refractivity (Wildman–Crippen MR) is 122 cm³/mol. The number of hydrogen-bond donors (Lipinski definition) is 1. The molecule has 0 saturated carbocycles. The van der Waals surface area contributed by atoms with Gasteiger partial charge in [-0.3, -0.25) is 14.9 Å². The van der Waals surface area contributed by atoms with Crippen molar-refractivity contribution >= 4 is 45.3 Å². The number of rotatable bonds is 8. The summed E-state index contributed by atoms with van der Waals surface area (Å²) in [6.45, 7) is 0.405. The van der Waals surface area contributed by atoms with Gasteiger partial charge in [0.1, 0.15) is 12.4 Å². The van der Waals surface area contributed by atoms with Crippen LogP contribution in [-0.2, 0) is 17.8 Å². The molecule has 158 valence electrons. The molecule has 0 aliphatic rings. The van der Waals surface area contributed by atoms with E-state index in [4.69, 9.17) is 16.3 Å². The third kappa shape index (κ3) is 6.91. The Hall–Kier alpha value is -3.23. The van der Waals surface area contributed by atoms with Gasteiger partial charge in [0.15, 0.2) is 0 Å². The Morgan fingerprint density at radius 2 is 1.77 bits per heavy atom. The van der Waals surface area contributed by atoms with Crippen molar-refractivity contribution < 1.29 is 14.5 Å². The van der Waals surface area contributed by atoms with Crippen molar-refractivity contribution in [3.8, 4) is 5.75 Å². The van der Waals surface area contributed by atoms with Gasteiger partial charge in [0.2, 0.25) is 5.91 Å². The zero-order chi connectivity index (χ0) is 22.2. The van der Waals surface area contributed by atoms with Crippen LogP contribution in [0.15, 0.2) is 76.3 Å². The van der Waals surface area contributed by atoms with Crippen molar-refractivity contribution in [1.82, 2.24) is 5.43 Å². The standard InChI is InChI=1S/C22H17BrClN3O4/c23-20-11-17(5-10-21(20)31-14-16-1-6-18(24)7-2-16)13-25-26-22(28)12-15-3-8-19(9-4-15)27(29)30/h1-11,13H,12,14H2,(H,26,28)/b25-13-. The number of hydrazone groups is 1. The lowest BCUT2D eigenvalue weighted by Crippen LogP contribution is -2.19. The third-order valence-electron chi connectivity index (χ3n) is 4.18.